The lowest BCUT2D eigenvalue weighted by Crippen LogP contribution is -2.41. The number of halogens is 2. The van der Waals surface area contributed by atoms with E-state index in [9.17, 15) is 14.0 Å². The highest BCUT2D eigenvalue weighted by atomic mass is 35.5. The zero-order valence-electron chi connectivity index (χ0n) is 26.5. The van der Waals surface area contributed by atoms with Gasteiger partial charge >= 0.3 is 0 Å². The van der Waals surface area contributed by atoms with E-state index in [0.717, 1.165) is 38.2 Å². The fourth-order valence-electron chi connectivity index (χ4n) is 4.88. The second-order valence-corrected chi connectivity index (χ2v) is 11.3. The highest BCUT2D eigenvalue weighted by Gasteiger charge is 2.19. The molecule has 3 heterocycles. The molecule has 1 amide bonds. The molecule has 2 aromatic heterocycles. The monoisotopic (exact) mass is 656 g/mol. The van der Waals surface area contributed by atoms with Crippen LogP contribution in [0.25, 0.3) is 11.6 Å². The van der Waals surface area contributed by atoms with Crippen LogP contribution < -0.4 is 16.0 Å². The molecule has 4 N–H and O–H groups in total. The summed E-state index contributed by atoms with van der Waals surface area (Å²) in [6, 6.07) is 5.95. The first kappa shape index (κ1) is 35.0. The van der Waals surface area contributed by atoms with Crippen LogP contribution >= 0.6 is 11.6 Å². The number of nitrogens with zero attached hydrogens (tertiary/aromatic N) is 4. The second-order valence-electron chi connectivity index (χ2n) is 10.9. The van der Waals surface area contributed by atoms with Crippen molar-refractivity contribution in [1.82, 2.24) is 30.1 Å². The van der Waals surface area contributed by atoms with E-state index in [0.29, 0.717) is 80.2 Å². The number of hydrogen-bond donors (Lipinski definition) is 4. The lowest BCUT2D eigenvalue weighted by molar-refractivity contribution is -0.103. The number of hydrogen-bond acceptors (Lipinski definition) is 10. The molecular weight excluding hydrogens is 615 g/mol. The van der Waals surface area contributed by atoms with Crippen LogP contribution in [-0.4, -0.2) is 110 Å². The molecule has 0 saturated carbocycles. The summed E-state index contributed by atoms with van der Waals surface area (Å²) in [6.07, 6.45) is 4.59. The Hall–Kier alpha value is -3.88. The van der Waals surface area contributed by atoms with E-state index in [1.165, 1.54) is 24.5 Å². The van der Waals surface area contributed by atoms with E-state index >= 15 is 0 Å². The third-order valence-corrected chi connectivity index (χ3v) is 7.70. The Bertz CT molecular complexity index is 1490. The molecule has 1 saturated heterocycles. The molecule has 1 aliphatic rings. The summed E-state index contributed by atoms with van der Waals surface area (Å²) in [7, 11) is 1.96. The smallest absolute Gasteiger partial charge is 0.267 e. The van der Waals surface area contributed by atoms with E-state index in [2.05, 4.69) is 40.7 Å². The maximum atomic E-state index is 13.9. The zero-order valence-corrected chi connectivity index (χ0v) is 27.3. The van der Waals surface area contributed by atoms with E-state index in [4.69, 9.17) is 21.1 Å². The summed E-state index contributed by atoms with van der Waals surface area (Å²) >= 11 is 6.02. The molecule has 0 aliphatic carbocycles. The van der Waals surface area contributed by atoms with Crippen LogP contribution in [0.2, 0.25) is 5.02 Å². The molecule has 1 fully saturated rings. The van der Waals surface area contributed by atoms with E-state index in [1.807, 2.05) is 20.9 Å². The molecule has 12 nitrogen and oxygen atoms in total. The van der Waals surface area contributed by atoms with Crippen molar-refractivity contribution in [1.29, 1.82) is 0 Å². The van der Waals surface area contributed by atoms with Gasteiger partial charge in [-0.05, 0) is 63.2 Å². The van der Waals surface area contributed by atoms with E-state index in [-0.39, 0.29) is 16.5 Å². The minimum Gasteiger partial charge on any atom is -0.382 e. The van der Waals surface area contributed by atoms with Gasteiger partial charge in [0.2, 0.25) is 0 Å². The SMILES string of the molecule is CCOCCCN(C)CNc1ncnc(Nc2ccc(F)c(Cl)c2)c1/C(C=O)=C/c1[nH]c(C(=O)NCCN2CCOCC2)cc1C. The highest BCUT2D eigenvalue weighted by Crippen LogP contribution is 2.32. The number of ether oxygens (including phenoxy) is 2. The van der Waals surface area contributed by atoms with Gasteiger partial charge in [-0.15, -0.1) is 0 Å². The Morgan fingerprint density at radius 2 is 2.02 bits per heavy atom. The molecule has 0 atom stereocenters. The quantitative estimate of drug-likeness (QED) is 0.0725. The minimum atomic E-state index is -0.554. The van der Waals surface area contributed by atoms with Crippen molar-refractivity contribution < 1.29 is 23.5 Å². The molecular formula is C32H42ClFN8O4. The Morgan fingerprint density at radius 1 is 1.24 bits per heavy atom. The van der Waals surface area contributed by atoms with Crippen molar-refractivity contribution in [2.75, 3.05) is 83.5 Å². The summed E-state index contributed by atoms with van der Waals surface area (Å²) in [4.78, 5) is 41.9. The number of carbonyl (C=O) groups is 2. The van der Waals surface area contributed by atoms with Crippen molar-refractivity contribution in [2.45, 2.75) is 20.3 Å². The van der Waals surface area contributed by atoms with Gasteiger partial charge in [0.15, 0.2) is 6.29 Å². The molecule has 0 bridgehead atoms. The predicted molar refractivity (Wildman–Crippen MR) is 178 cm³/mol. The maximum Gasteiger partial charge on any atom is 0.267 e. The predicted octanol–water partition coefficient (Wildman–Crippen LogP) is 4.18. The number of allylic oxidation sites excluding steroid dienone is 1. The van der Waals surface area contributed by atoms with Crippen molar-refractivity contribution in [3.05, 3.63) is 63.9 Å². The Kier molecular flexibility index (Phi) is 13.5. The van der Waals surface area contributed by atoms with Gasteiger partial charge < -0.3 is 30.4 Å². The molecule has 3 aromatic rings. The molecule has 1 aliphatic heterocycles. The first-order chi connectivity index (χ1) is 22.3. The van der Waals surface area contributed by atoms with Crippen LogP contribution in [0.5, 0.6) is 0 Å². The topological polar surface area (TPSA) is 137 Å². The number of amides is 1. The zero-order chi connectivity index (χ0) is 32.9. The first-order valence-electron chi connectivity index (χ1n) is 15.3. The number of carbonyl (C=O) groups excluding carboxylic acids is 2. The Balaban J connectivity index is 1.58. The summed E-state index contributed by atoms with van der Waals surface area (Å²) in [6.45, 7) is 10.7. The molecule has 0 unspecified atom stereocenters. The van der Waals surface area contributed by atoms with Gasteiger partial charge in [-0.25, -0.2) is 14.4 Å². The van der Waals surface area contributed by atoms with Gasteiger partial charge in [0.25, 0.3) is 5.91 Å². The lowest BCUT2D eigenvalue weighted by Gasteiger charge is -2.26. The van der Waals surface area contributed by atoms with E-state index in [1.54, 1.807) is 12.1 Å². The summed E-state index contributed by atoms with van der Waals surface area (Å²) in [5, 5.41) is 9.36. The molecule has 4 rings (SSSR count). The third-order valence-electron chi connectivity index (χ3n) is 7.41. The van der Waals surface area contributed by atoms with Gasteiger partial charge in [0.1, 0.15) is 29.5 Å². The van der Waals surface area contributed by atoms with Crippen LogP contribution in [0.4, 0.5) is 21.7 Å². The van der Waals surface area contributed by atoms with Crippen LogP contribution in [-0.2, 0) is 14.3 Å². The minimum absolute atomic E-state index is 0.0588. The second kappa shape index (κ2) is 17.7. The molecule has 14 heteroatoms. The van der Waals surface area contributed by atoms with Crippen molar-refractivity contribution in [2.24, 2.45) is 0 Å². The summed E-state index contributed by atoms with van der Waals surface area (Å²) in [5.41, 5.74) is 2.86. The average Bonchev–Trinajstić information content (AvgIpc) is 3.43. The van der Waals surface area contributed by atoms with Gasteiger partial charge in [0.05, 0.1) is 30.5 Å². The number of anilines is 3. The van der Waals surface area contributed by atoms with Gasteiger partial charge in [-0.1, -0.05) is 11.6 Å². The molecule has 46 heavy (non-hydrogen) atoms. The van der Waals surface area contributed by atoms with Crippen molar-refractivity contribution >= 4 is 52.8 Å². The first-order valence-corrected chi connectivity index (χ1v) is 15.7. The summed E-state index contributed by atoms with van der Waals surface area (Å²) in [5.74, 6) is -0.0766. The number of H-pyrrole nitrogens is 1. The van der Waals surface area contributed by atoms with Gasteiger partial charge in [-0.3, -0.25) is 19.4 Å². The molecule has 0 spiro atoms. The Labute approximate surface area is 273 Å². The normalized spacial score (nSPS) is 14.0. The fraction of sp³-hybridized carbons (Fsp3) is 0.438. The van der Waals surface area contributed by atoms with Crippen LogP contribution in [0.1, 0.15) is 40.7 Å². The molecule has 0 radical (unpaired) electrons. The molecule has 1 aromatic carbocycles. The lowest BCUT2D eigenvalue weighted by atomic mass is 10.1. The largest absolute Gasteiger partial charge is 0.382 e. The van der Waals surface area contributed by atoms with Crippen LogP contribution in [0.15, 0.2) is 30.6 Å². The number of benzene rings is 1. The number of aryl methyl sites for hydroxylation is 1. The average molecular weight is 657 g/mol. The third kappa shape index (κ3) is 10.1. The fourth-order valence-corrected chi connectivity index (χ4v) is 5.06. The standard InChI is InChI=1S/C32H42ClFN8O4/c1-4-45-13-5-9-41(3)21-38-30-29(31(37-20-36-30)39-24-6-7-26(34)25(33)18-24)23(19-43)17-27-22(2)16-28(40-27)32(44)35-8-10-42-11-14-46-15-12-42/h6-7,16-20,40H,4-5,8-15,21H2,1-3H3,(H,35,44)(H2,36,37,38,39)/b23-17+. The van der Waals surface area contributed by atoms with Crippen molar-refractivity contribution in [3.8, 4) is 0 Å². The molecule has 248 valence electrons. The number of aromatic amines is 1. The van der Waals surface area contributed by atoms with Crippen LogP contribution in [0.3, 0.4) is 0 Å². The van der Waals surface area contributed by atoms with Gasteiger partial charge in [-0.2, -0.15) is 0 Å². The van der Waals surface area contributed by atoms with Crippen molar-refractivity contribution in [3.63, 3.8) is 0 Å². The van der Waals surface area contributed by atoms with E-state index < -0.39 is 5.82 Å². The summed E-state index contributed by atoms with van der Waals surface area (Å²) < 4.78 is 24.7. The highest BCUT2D eigenvalue weighted by molar-refractivity contribution is 6.31. The van der Waals surface area contributed by atoms with Crippen LogP contribution in [0, 0.1) is 12.7 Å². The number of aromatic nitrogens is 3. The number of aldehydes is 1. The Morgan fingerprint density at radius 3 is 2.76 bits per heavy atom. The number of rotatable bonds is 17. The number of nitrogens with one attached hydrogen (secondary N) is 4. The number of morpholine rings is 1. The van der Waals surface area contributed by atoms with Gasteiger partial charge in [0, 0.05) is 62.9 Å². The maximum absolute atomic E-state index is 13.9.